The van der Waals surface area contributed by atoms with Crippen molar-refractivity contribution in [1.29, 1.82) is 0 Å². The van der Waals surface area contributed by atoms with Crippen LogP contribution in [0.2, 0.25) is 0 Å². The summed E-state index contributed by atoms with van der Waals surface area (Å²) in [5, 5.41) is 2.54. The molecule has 30 heavy (non-hydrogen) atoms. The van der Waals surface area contributed by atoms with Crippen LogP contribution in [0.3, 0.4) is 0 Å². The van der Waals surface area contributed by atoms with E-state index in [1.165, 1.54) is 35.5 Å². The Kier molecular flexibility index (Phi) is 6.63. The highest BCUT2D eigenvalue weighted by atomic mass is 32.2. The zero-order chi connectivity index (χ0) is 21.7. The lowest BCUT2D eigenvalue weighted by Crippen LogP contribution is -2.27. The van der Waals surface area contributed by atoms with Crippen LogP contribution < -0.4 is 5.32 Å². The fourth-order valence-corrected chi connectivity index (χ4v) is 4.66. The van der Waals surface area contributed by atoms with Gasteiger partial charge in [0, 0.05) is 18.7 Å². The number of nitrogens with one attached hydrogen (secondary N) is 1. The third-order valence-corrected chi connectivity index (χ3v) is 6.62. The molecule has 1 saturated heterocycles. The van der Waals surface area contributed by atoms with E-state index in [4.69, 9.17) is 4.74 Å². The summed E-state index contributed by atoms with van der Waals surface area (Å²) in [5.74, 6) is -1.55. The summed E-state index contributed by atoms with van der Waals surface area (Å²) in [7, 11) is -3.56. The largest absolute Gasteiger partial charge is 0.452 e. The second-order valence-corrected chi connectivity index (χ2v) is 8.80. The number of hydrogen-bond acceptors (Lipinski definition) is 6. The molecule has 1 aliphatic heterocycles. The molecular weight excluding hydrogens is 408 g/mol. The minimum absolute atomic E-state index is 0.111. The van der Waals surface area contributed by atoms with Crippen molar-refractivity contribution < 1.29 is 27.5 Å². The number of ether oxygens (including phenoxy) is 1. The fraction of sp³-hybridized carbons (Fsp3) is 0.286. The van der Waals surface area contributed by atoms with Crippen molar-refractivity contribution in [2.45, 2.75) is 24.7 Å². The smallest absolute Gasteiger partial charge is 0.338 e. The zero-order valence-electron chi connectivity index (χ0n) is 16.5. The number of nitrogens with zero attached hydrogens (tertiary/aromatic N) is 1. The van der Waals surface area contributed by atoms with Crippen LogP contribution in [0.25, 0.3) is 0 Å². The second-order valence-electron chi connectivity index (χ2n) is 6.86. The zero-order valence-corrected chi connectivity index (χ0v) is 17.3. The summed E-state index contributed by atoms with van der Waals surface area (Å²) >= 11 is 0. The number of benzene rings is 2. The Morgan fingerprint density at radius 1 is 1.00 bits per heavy atom. The number of hydrogen-bond donors (Lipinski definition) is 1. The summed E-state index contributed by atoms with van der Waals surface area (Å²) in [6, 6.07) is 11.9. The van der Waals surface area contributed by atoms with Crippen LogP contribution in [0.1, 0.15) is 40.5 Å². The molecule has 0 aliphatic carbocycles. The summed E-state index contributed by atoms with van der Waals surface area (Å²) < 4.78 is 31.4. The number of Topliss-reactive ketones (excluding diaryl/α,β-unsaturated/α-hetero) is 1. The molecule has 0 spiro atoms. The second kappa shape index (κ2) is 9.19. The molecule has 3 rings (SSSR count). The minimum atomic E-state index is -3.56. The Balaban J connectivity index is 1.59. The van der Waals surface area contributed by atoms with Gasteiger partial charge in [0.15, 0.2) is 12.4 Å². The first kappa shape index (κ1) is 21.7. The standard InChI is InChI=1S/C21H22N2O6S/c1-15(24)18-6-2-3-7-19(18)22-20(25)14-29-21(26)16-8-10-17(11-9-16)30(27,28)23-12-4-5-13-23/h2-3,6-11H,4-5,12-14H2,1H3,(H,22,25). The van der Waals surface area contributed by atoms with Gasteiger partial charge in [-0.15, -0.1) is 0 Å². The molecule has 1 heterocycles. The number of para-hydroxylation sites is 1. The van der Waals surface area contributed by atoms with Gasteiger partial charge in [-0.3, -0.25) is 9.59 Å². The first-order chi connectivity index (χ1) is 14.3. The lowest BCUT2D eigenvalue weighted by atomic mass is 10.1. The Hall–Kier alpha value is -3.04. The van der Waals surface area contributed by atoms with Crippen molar-refractivity contribution in [3.8, 4) is 0 Å². The Bertz CT molecular complexity index is 1060. The normalized spacial score (nSPS) is 14.3. The maximum absolute atomic E-state index is 12.5. The molecule has 9 heteroatoms. The van der Waals surface area contributed by atoms with Crippen molar-refractivity contribution in [3.63, 3.8) is 0 Å². The van der Waals surface area contributed by atoms with Gasteiger partial charge in [-0.25, -0.2) is 13.2 Å². The maximum atomic E-state index is 12.5. The predicted octanol–water partition coefficient (Wildman–Crippen LogP) is 2.47. The molecular formula is C21H22N2O6S. The van der Waals surface area contributed by atoms with Gasteiger partial charge < -0.3 is 10.1 Å². The minimum Gasteiger partial charge on any atom is -0.452 e. The summed E-state index contributed by atoms with van der Waals surface area (Å²) in [6.07, 6.45) is 1.67. The van der Waals surface area contributed by atoms with Crippen molar-refractivity contribution >= 4 is 33.4 Å². The molecule has 8 nitrogen and oxygen atoms in total. The third-order valence-electron chi connectivity index (χ3n) is 4.71. The van der Waals surface area contributed by atoms with Gasteiger partial charge in [-0.2, -0.15) is 4.31 Å². The molecule has 158 valence electrons. The van der Waals surface area contributed by atoms with E-state index in [2.05, 4.69) is 5.32 Å². The molecule has 2 aromatic rings. The van der Waals surface area contributed by atoms with Gasteiger partial charge in [0.1, 0.15) is 0 Å². The van der Waals surface area contributed by atoms with Crippen LogP contribution >= 0.6 is 0 Å². The number of esters is 1. The lowest BCUT2D eigenvalue weighted by Gasteiger charge is -2.15. The molecule has 2 aromatic carbocycles. The molecule has 0 aromatic heterocycles. The van der Waals surface area contributed by atoms with Gasteiger partial charge in [-0.05, 0) is 56.2 Å². The van der Waals surface area contributed by atoms with Crippen LogP contribution in [0.15, 0.2) is 53.4 Å². The first-order valence-corrected chi connectivity index (χ1v) is 10.9. The highest BCUT2D eigenvalue weighted by molar-refractivity contribution is 7.89. The molecule has 1 fully saturated rings. The predicted molar refractivity (Wildman–Crippen MR) is 110 cm³/mol. The van der Waals surface area contributed by atoms with Gasteiger partial charge in [0.25, 0.3) is 5.91 Å². The van der Waals surface area contributed by atoms with E-state index in [1.807, 2.05) is 0 Å². The quantitative estimate of drug-likeness (QED) is 0.534. The Morgan fingerprint density at radius 2 is 1.63 bits per heavy atom. The van der Waals surface area contributed by atoms with Crippen LogP contribution in [0.5, 0.6) is 0 Å². The average molecular weight is 430 g/mol. The topological polar surface area (TPSA) is 110 Å². The van der Waals surface area contributed by atoms with Crippen LogP contribution in [-0.2, 0) is 19.6 Å². The van der Waals surface area contributed by atoms with E-state index in [1.54, 1.807) is 24.3 Å². The van der Waals surface area contributed by atoms with Gasteiger partial charge in [0.2, 0.25) is 10.0 Å². The molecule has 1 amide bonds. The van der Waals surface area contributed by atoms with Crippen molar-refractivity contribution in [2.75, 3.05) is 25.0 Å². The van der Waals surface area contributed by atoms with E-state index in [9.17, 15) is 22.8 Å². The number of rotatable bonds is 7. The number of carbonyl (C=O) groups excluding carboxylic acids is 3. The monoisotopic (exact) mass is 430 g/mol. The van der Waals surface area contributed by atoms with E-state index in [0.717, 1.165) is 12.8 Å². The van der Waals surface area contributed by atoms with E-state index in [0.29, 0.717) is 24.3 Å². The summed E-state index contributed by atoms with van der Waals surface area (Å²) in [4.78, 5) is 36.0. The Labute approximate surface area is 174 Å². The highest BCUT2D eigenvalue weighted by Gasteiger charge is 2.27. The maximum Gasteiger partial charge on any atom is 0.338 e. The number of carbonyl (C=O) groups is 3. The number of amides is 1. The number of anilines is 1. The van der Waals surface area contributed by atoms with Gasteiger partial charge in [-0.1, -0.05) is 12.1 Å². The highest BCUT2D eigenvalue weighted by Crippen LogP contribution is 2.21. The molecule has 0 bridgehead atoms. The number of ketones is 1. The fourth-order valence-electron chi connectivity index (χ4n) is 3.14. The van der Waals surface area contributed by atoms with Gasteiger partial charge >= 0.3 is 5.97 Å². The van der Waals surface area contributed by atoms with Crippen LogP contribution in [0, 0.1) is 0 Å². The first-order valence-electron chi connectivity index (χ1n) is 9.46. The van der Waals surface area contributed by atoms with Crippen molar-refractivity contribution in [1.82, 2.24) is 4.31 Å². The van der Waals surface area contributed by atoms with Crippen LogP contribution in [0.4, 0.5) is 5.69 Å². The molecule has 0 atom stereocenters. The van der Waals surface area contributed by atoms with E-state index in [-0.39, 0.29) is 16.2 Å². The SMILES string of the molecule is CC(=O)c1ccccc1NC(=O)COC(=O)c1ccc(S(=O)(=O)N2CCCC2)cc1. The van der Waals surface area contributed by atoms with Gasteiger partial charge in [0.05, 0.1) is 16.1 Å². The Morgan fingerprint density at radius 3 is 2.27 bits per heavy atom. The third kappa shape index (κ3) is 4.92. The molecule has 1 N–H and O–H groups in total. The molecule has 0 radical (unpaired) electrons. The van der Waals surface area contributed by atoms with E-state index >= 15 is 0 Å². The average Bonchev–Trinajstić information content (AvgIpc) is 3.28. The van der Waals surface area contributed by atoms with E-state index < -0.39 is 28.5 Å². The molecule has 0 saturated carbocycles. The van der Waals surface area contributed by atoms with Crippen molar-refractivity contribution in [3.05, 3.63) is 59.7 Å². The molecule has 1 aliphatic rings. The summed E-state index contributed by atoms with van der Waals surface area (Å²) in [6.45, 7) is 1.83. The van der Waals surface area contributed by atoms with Crippen LogP contribution in [-0.4, -0.2) is 50.1 Å². The molecule has 0 unspecified atom stereocenters. The lowest BCUT2D eigenvalue weighted by molar-refractivity contribution is -0.119. The van der Waals surface area contributed by atoms with Crippen molar-refractivity contribution in [2.24, 2.45) is 0 Å². The summed E-state index contributed by atoms with van der Waals surface area (Å²) in [5.41, 5.74) is 0.821. The number of sulfonamides is 1.